The van der Waals surface area contributed by atoms with Crippen molar-refractivity contribution in [2.24, 2.45) is 0 Å². The molecule has 1 aliphatic rings. The Morgan fingerprint density at radius 2 is 2.19 bits per heavy atom. The monoisotopic (exact) mass is 288 g/mol. The number of hydrogen-bond donors (Lipinski definition) is 2. The predicted octanol–water partition coefficient (Wildman–Crippen LogP) is 1.66. The Morgan fingerprint density at radius 3 is 2.86 bits per heavy atom. The Hall–Kier alpha value is -1.65. The summed E-state index contributed by atoms with van der Waals surface area (Å²) in [4.78, 5) is 13.8. The van der Waals surface area contributed by atoms with E-state index in [9.17, 15) is 9.90 Å². The summed E-state index contributed by atoms with van der Waals surface area (Å²) in [6.45, 7) is 1.30. The topological polar surface area (TPSA) is 52.6 Å². The smallest absolute Gasteiger partial charge is 0.222 e. The largest absolute Gasteiger partial charge is 0.392 e. The molecule has 0 aromatic heterocycles. The van der Waals surface area contributed by atoms with Gasteiger partial charge in [0, 0.05) is 32.6 Å². The van der Waals surface area contributed by atoms with E-state index in [2.05, 4.69) is 5.32 Å². The van der Waals surface area contributed by atoms with Crippen molar-refractivity contribution in [1.29, 1.82) is 0 Å². The Kier molecular flexibility index (Phi) is 5.96. The third-order valence-electron chi connectivity index (χ3n) is 3.75. The van der Waals surface area contributed by atoms with Crippen molar-refractivity contribution in [1.82, 2.24) is 10.2 Å². The molecule has 0 spiro atoms. The predicted molar refractivity (Wildman–Crippen MR) is 84.8 cm³/mol. The number of carbonyl (C=O) groups excluding carboxylic acids is 1. The summed E-state index contributed by atoms with van der Waals surface area (Å²) in [6.07, 6.45) is 5.81. The number of aliphatic hydroxyl groups is 1. The van der Waals surface area contributed by atoms with E-state index in [1.165, 1.54) is 0 Å². The molecule has 2 rings (SSSR count). The van der Waals surface area contributed by atoms with Gasteiger partial charge in [-0.1, -0.05) is 42.5 Å². The van der Waals surface area contributed by atoms with Crippen LogP contribution in [0.5, 0.6) is 0 Å². The van der Waals surface area contributed by atoms with Crippen LogP contribution >= 0.6 is 0 Å². The number of nitrogens with one attached hydrogen (secondary N) is 1. The summed E-state index contributed by atoms with van der Waals surface area (Å²) in [5.41, 5.74) is 1.16. The van der Waals surface area contributed by atoms with Gasteiger partial charge >= 0.3 is 0 Å². The summed E-state index contributed by atoms with van der Waals surface area (Å²) in [5, 5.41) is 12.7. The molecule has 0 unspecified atom stereocenters. The van der Waals surface area contributed by atoms with Crippen LogP contribution in [0.25, 0.3) is 6.08 Å². The van der Waals surface area contributed by atoms with Crippen LogP contribution in [-0.4, -0.2) is 48.2 Å². The van der Waals surface area contributed by atoms with Gasteiger partial charge in [0.25, 0.3) is 0 Å². The third kappa shape index (κ3) is 5.33. The molecule has 1 fully saturated rings. The van der Waals surface area contributed by atoms with E-state index < -0.39 is 0 Å². The first-order valence-corrected chi connectivity index (χ1v) is 7.52. The first kappa shape index (κ1) is 15.7. The number of benzene rings is 1. The molecule has 1 aromatic carbocycles. The molecule has 4 heteroatoms. The molecule has 1 heterocycles. The lowest BCUT2D eigenvalue weighted by Gasteiger charge is -2.21. The fourth-order valence-electron chi connectivity index (χ4n) is 2.55. The maximum Gasteiger partial charge on any atom is 0.222 e. The molecule has 1 aliphatic heterocycles. The molecule has 0 aliphatic carbocycles. The van der Waals surface area contributed by atoms with Gasteiger partial charge in [0.05, 0.1) is 6.10 Å². The van der Waals surface area contributed by atoms with Crippen molar-refractivity contribution in [3.8, 4) is 0 Å². The van der Waals surface area contributed by atoms with Crippen LogP contribution in [0.4, 0.5) is 0 Å². The maximum absolute atomic E-state index is 12.0. The lowest BCUT2D eigenvalue weighted by atomic mass is 10.1. The normalized spacial score (nSPS) is 21.8. The van der Waals surface area contributed by atoms with E-state index in [4.69, 9.17) is 0 Å². The highest BCUT2D eigenvalue weighted by Crippen LogP contribution is 2.09. The highest BCUT2D eigenvalue weighted by atomic mass is 16.3. The van der Waals surface area contributed by atoms with Gasteiger partial charge in [-0.25, -0.2) is 0 Å². The second-order valence-electron chi connectivity index (χ2n) is 5.62. The van der Waals surface area contributed by atoms with Crippen LogP contribution < -0.4 is 5.32 Å². The van der Waals surface area contributed by atoms with E-state index in [1.54, 1.807) is 4.90 Å². The van der Waals surface area contributed by atoms with Crippen LogP contribution in [-0.2, 0) is 4.79 Å². The van der Waals surface area contributed by atoms with Gasteiger partial charge in [-0.05, 0) is 18.4 Å². The summed E-state index contributed by atoms with van der Waals surface area (Å²) in [7, 11) is 1.83. The Balaban J connectivity index is 1.68. The van der Waals surface area contributed by atoms with Crippen molar-refractivity contribution < 1.29 is 9.90 Å². The van der Waals surface area contributed by atoms with Crippen LogP contribution in [0.2, 0.25) is 0 Å². The lowest BCUT2D eigenvalue weighted by Crippen LogP contribution is -2.38. The molecule has 4 nitrogen and oxygen atoms in total. The van der Waals surface area contributed by atoms with Crippen LogP contribution in [0, 0.1) is 0 Å². The van der Waals surface area contributed by atoms with Gasteiger partial charge in [0.15, 0.2) is 0 Å². The number of hydrogen-bond acceptors (Lipinski definition) is 3. The minimum atomic E-state index is -0.271. The minimum absolute atomic E-state index is 0.149. The molecular formula is C17H24N2O2. The van der Waals surface area contributed by atoms with Gasteiger partial charge < -0.3 is 15.3 Å². The van der Waals surface area contributed by atoms with Gasteiger partial charge in [-0.2, -0.15) is 0 Å². The number of carbonyl (C=O) groups is 1. The Morgan fingerprint density at radius 1 is 1.43 bits per heavy atom. The van der Waals surface area contributed by atoms with Gasteiger partial charge in [-0.3, -0.25) is 4.79 Å². The van der Waals surface area contributed by atoms with Crippen molar-refractivity contribution in [3.63, 3.8) is 0 Å². The molecule has 0 bridgehead atoms. The Labute approximate surface area is 126 Å². The highest BCUT2D eigenvalue weighted by Gasteiger charge is 2.24. The molecule has 114 valence electrons. The van der Waals surface area contributed by atoms with Gasteiger partial charge in [-0.15, -0.1) is 0 Å². The van der Waals surface area contributed by atoms with Crippen molar-refractivity contribution >= 4 is 12.0 Å². The zero-order chi connectivity index (χ0) is 15.1. The number of amides is 1. The molecule has 2 atom stereocenters. The quantitative estimate of drug-likeness (QED) is 0.837. The molecule has 1 amide bonds. The second-order valence-corrected chi connectivity index (χ2v) is 5.62. The summed E-state index contributed by atoms with van der Waals surface area (Å²) < 4.78 is 0. The molecule has 0 radical (unpaired) electrons. The maximum atomic E-state index is 12.0. The summed E-state index contributed by atoms with van der Waals surface area (Å²) in [6, 6.07) is 10.3. The molecule has 0 saturated carbocycles. The van der Waals surface area contributed by atoms with E-state index in [-0.39, 0.29) is 18.1 Å². The van der Waals surface area contributed by atoms with Crippen molar-refractivity contribution in [2.45, 2.75) is 31.4 Å². The molecule has 1 saturated heterocycles. The number of β-amino-alcohol motifs (C(OH)–C–C–N with tert-alkyl or cyclic N) is 1. The van der Waals surface area contributed by atoms with E-state index in [0.717, 1.165) is 18.4 Å². The van der Waals surface area contributed by atoms with Crippen molar-refractivity contribution in [3.05, 3.63) is 42.0 Å². The molecule has 2 N–H and O–H groups in total. The number of likely N-dealkylation sites (N-methyl/N-ethyl adjacent to an activating group) is 1. The highest BCUT2D eigenvalue weighted by molar-refractivity contribution is 5.76. The standard InChI is InChI=1S/C17H24N2O2/c1-19(13-15-11-16(20)12-18-15)17(21)10-6-5-9-14-7-3-2-4-8-14/h2-5,7-9,15-16,18,20H,6,10-13H2,1H3/b9-5+/t15-,16+/m0/s1. The average molecular weight is 288 g/mol. The number of rotatable bonds is 6. The van der Waals surface area contributed by atoms with Crippen molar-refractivity contribution in [2.75, 3.05) is 20.1 Å². The first-order chi connectivity index (χ1) is 10.1. The third-order valence-corrected chi connectivity index (χ3v) is 3.75. The summed E-state index contributed by atoms with van der Waals surface area (Å²) in [5.74, 6) is 0.149. The summed E-state index contributed by atoms with van der Waals surface area (Å²) >= 11 is 0. The van der Waals surface area contributed by atoms with Gasteiger partial charge in [0.2, 0.25) is 5.91 Å². The van der Waals surface area contributed by atoms with E-state index in [1.807, 2.05) is 49.5 Å². The molecule has 21 heavy (non-hydrogen) atoms. The SMILES string of the molecule is CN(C[C@@H]1C[C@@H](O)CN1)C(=O)CC/C=C/c1ccccc1. The van der Waals surface area contributed by atoms with E-state index in [0.29, 0.717) is 19.5 Å². The number of allylic oxidation sites excluding steroid dienone is 1. The zero-order valence-electron chi connectivity index (χ0n) is 12.5. The molecular weight excluding hydrogens is 264 g/mol. The number of nitrogens with zero attached hydrogens (tertiary/aromatic N) is 1. The fraction of sp³-hybridized carbons (Fsp3) is 0.471. The zero-order valence-corrected chi connectivity index (χ0v) is 12.5. The van der Waals surface area contributed by atoms with Crippen LogP contribution in [0.1, 0.15) is 24.8 Å². The first-order valence-electron chi connectivity index (χ1n) is 7.52. The Bertz CT molecular complexity index is 473. The average Bonchev–Trinajstić information content (AvgIpc) is 2.89. The fourth-order valence-corrected chi connectivity index (χ4v) is 2.55. The van der Waals surface area contributed by atoms with Gasteiger partial charge in [0.1, 0.15) is 0 Å². The minimum Gasteiger partial charge on any atom is -0.392 e. The van der Waals surface area contributed by atoms with E-state index >= 15 is 0 Å². The number of aliphatic hydroxyl groups excluding tert-OH is 1. The molecule has 1 aromatic rings. The van der Waals surface area contributed by atoms with Crippen LogP contribution in [0.3, 0.4) is 0 Å². The second kappa shape index (κ2) is 7.96. The van der Waals surface area contributed by atoms with Crippen LogP contribution in [0.15, 0.2) is 36.4 Å². The lowest BCUT2D eigenvalue weighted by molar-refractivity contribution is -0.130.